The van der Waals surface area contributed by atoms with Gasteiger partial charge in [0.1, 0.15) is 11.7 Å². The Morgan fingerprint density at radius 3 is 2.90 bits per heavy atom. The summed E-state index contributed by atoms with van der Waals surface area (Å²) < 4.78 is 4.56. The van der Waals surface area contributed by atoms with Crippen LogP contribution in [0.25, 0.3) is 0 Å². The van der Waals surface area contributed by atoms with Gasteiger partial charge in [-0.05, 0) is 12.1 Å². The largest absolute Gasteiger partial charge is 0.469 e. The van der Waals surface area contributed by atoms with E-state index in [1.807, 2.05) is 0 Å². The number of rotatable bonds is 3. The maximum Gasteiger partial charge on any atom is 0.308 e. The third-order valence-electron chi connectivity index (χ3n) is 3.13. The molecule has 0 aromatic carbocycles. The number of aromatic nitrogens is 1. The van der Waals surface area contributed by atoms with E-state index in [2.05, 4.69) is 15.0 Å². The van der Waals surface area contributed by atoms with E-state index in [1.54, 1.807) is 6.07 Å². The van der Waals surface area contributed by atoms with Gasteiger partial charge in [0, 0.05) is 19.3 Å². The zero-order valence-electron chi connectivity index (χ0n) is 11.3. The van der Waals surface area contributed by atoms with Crippen molar-refractivity contribution in [3.8, 4) is 0 Å². The number of esters is 1. The van der Waals surface area contributed by atoms with Crippen molar-refractivity contribution in [2.45, 2.75) is 12.5 Å². The van der Waals surface area contributed by atoms with Gasteiger partial charge in [-0.2, -0.15) is 0 Å². The van der Waals surface area contributed by atoms with Crippen LogP contribution in [0.3, 0.4) is 0 Å². The van der Waals surface area contributed by atoms with Gasteiger partial charge in [-0.1, -0.05) is 11.6 Å². The van der Waals surface area contributed by atoms with Gasteiger partial charge in [0.2, 0.25) is 5.91 Å². The lowest BCUT2D eigenvalue weighted by molar-refractivity contribution is -0.145. The van der Waals surface area contributed by atoms with Crippen LogP contribution in [0.1, 0.15) is 16.9 Å². The molecule has 1 atom stereocenters. The molecule has 2 rings (SSSR count). The predicted molar refractivity (Wildman–Crippen MR) is 73.7 cm³/mol. The van der Waals surface area contributed by atoms with E-state index < -0.39 is 17.9 Å². The van der Waals surface area contributed by atoms with Crippen molar-refractivity contribution in [1.82, 2.24) is 15.2 Å². The van der Waals surface area contributed by atoms with E-state index in [-0.39, 0.29) is 18.0 Å². The van der Waals surface area contributed by atoms with Crippen LogP contribution in [0.5, 0.6) is 0 Å². The van der Waals surface area contributed by atoms with E-state index in [9.17, 15) is 14.4 Å². The highest BCUT2D eigenvalue weighted by Gasteiger charge is 2.35. The number of pyridine rings is 1. The number of piperazine rings is 1. The lowest BCUT2D eigenvalue weighted by atomic mass is 10.1. The molecule has 1 saturated heterocycles. The third kappa shape index (κ3) is 3.49. The average molecular weight is 312 g/mol. The molecule has 1 N–H and O–H groups in total. The zero-order valence-corrected chi connectivity index (χ0v) is 12.1. The average Bonchev–Trinajstić information content (AvgIpc) is 2.49. The van der Waals surface area contributed by atoms with Crippen molar-refractivity contribution in [2.75, 3.05) is 20.2 Å². The van der Waals surface area contributed by atoms with Crippen LogP contribution in [-0.4, -0.2) is 53.9 Å². The molecule has 0 aliphatic carbocycles. The molecular formula is C13H14ClN3O4. The van der Waals surface area contributed by atoms with E-state index in [1.165, 1.54) is 24.3 Å². The molecule has 2 heterocycles. The topological polar surface area (TPSA) is 88.6 Å². The van der Waals surface area contributed by atoms with E-state index in [0.717, 1.165) is 0 Å². The summed E-state index contributed by atoms with van der Waals surface area (Å²) in [7, 11) is 1.23. The second-order valence-electron chi connectivity index (χ2n) is 4.45. The van der Waals surface area contributed by atoms with Crippen molar-refractivity contribution in [2.24, 2.45) is 0 Å². The Kier molecular flexibility index (Phi) is 4.74. The van der Waals surface area contributed by atoms with Crippen LogP contribution in [0.2, 0.25) is 5.02 Å². The summed E-state index contributed by atoms with van der Waals surface area (Å²) in [6.45, 7) is 0.631. The summed E-state index contributed by atoms with van der Waals surface area (Å²) in [6.07, 6.45) is 1.16. The minimum absolute atomic E-state index is 0.170. The van der Waals surface area contributed by atoms with Crippen molar-refractivity contribution >= 4 is 29.4 Å². The van der Waals surface area contributed by atoms with Gasteiger partial charge >= 0.3 is 5.97 Å². The first-order valence-corrected chi connectivity index (χ1v) is 6.67. The van der Waals surface area contributed by atoms with Crippen molar-refractivity contribution in [3.63, 3.8) is 0 Å². The second kappa shape index (κ2) is 6.53. The molecule has 1 fully saturated rings. The Balaban J connectivity index is 2.21. The molecule has 21 heavy (non-hydrogen) atoms. The monoisotopic (exact) mass is 311 g/mol. The summed E-state index contributed by atoms with van der Waals surface area (Å²) >= 11 is 5.73. The van der Waals surface area contributed by atoms with Crippen LogP contribution in [-0.2, 0) is 14.3 Å². The Bertz CT molecular complexity index is 561. The Hall–Kier alpha value is -2.15. The zero-order chi connectivity index (χ0) is 15.4. The Morgan fingerprint density at radius 2 is 2.29 bits per heavy atom. The highest BCUT2D eigenvalue weighted by Crippen LogP contribution is 2.15. The van der Waals surface area contributed by atoms with E-state index in [4.69, 9.17) is 11.6 Å². The van der Waals surface area contributed by atoms with E-state index in [0.29, 0.717) is 18.1 Å². The molecule has 1 aromatic rings. The highest BCUT2D eigenvalue weighted by molar-refractivity contribution is 6.30. The van der Waals surface area contributed by atoms with Crippen LogP contribution in [0, 0.1) is 0 Å². The maximum absolute atomic E-state index is 12.4. The number of carbonyl (C=O) groups is 3. The first-order chi connectivity index (χ1) is 10.0. The fraction of sp³-hybridized carbons (Fsp3) is 0.385. The van der Waals surface area contributed by atoms with E-state index >= 15 is 0 Å². The standard InChI is InChI=1S/C13H14ClN3O4/c1-21-11(18)6-10-12(19)15-4-5-17(10)13(20)9-3-2-8(14)7-16-9/h2-3,7,10H,4-6H2,1H3,(H,15,19)/t10-/m0/s1. The molecular weight excluding hydrogens is 298 g/mol. The van der Waals surface area contributed by atoms with Crippen LogP contribution >= 0.6 is 11.6 Å². The third-order valence-corrected chi connectivity index (χ3v) is 3.35. The number of nitrogens with one attached hydrogen (secondary N) is 1. The number of nitrogens with zero attached hydrogens (tertiary/aromatic N) is 2. The Morgan fingerprint density at radius 1 is 1.52 bits per heavy atom. The lowest BCUT2D eigenvalue weighted by Gasteiger charge is -2.34. The number of halogens is 1. The molecule has 0 bridgehead atoms. The Labute approximate surface area is 126 Å². The molecule has 1 aliphatic heterocycles. The summed E-state index contributed by atoms with van der Waals surface area (Å²) in [5, 5.41) is 3.04. The molecule has 0 unspecified atom stereocenters. The number of carbonyl (C=O) groups excluding carboxylic acids is 3. The predicted octanol–water partition coefficient (Wildman–Crippen LogP) is 0.239. The van der Waals surface area contributed by atoms with Crippen LogP contribution in [0.15, 0.2) is 18.3 Å². The fourth-order valence-electron chi connectivity index (χ4n) is 2.05. The van der Waals surface area contributed by atoms with Crippen LogP contribution < -0.4 is 5.32 Å². The number of hydrogen-bond acceptors (Lipinski definition) is 5. The molecule has 0 saturated carbocycles. The number of methoxy groups -OCH3 is 1. The summed E-state index contributed by atoms with van der Waals surface area (Å²) in [6, 6.07) is 2.13. The van der Waals surface area contributed by atoms with Gasteiger partial charge in [-0.3, -0.25) is 14.4 Å². The lowest BCUT2D eigenvalue weighted by Crippen LogP contribution is -2.58. The molecule has 112 valence electrons. The molecule has 7 nitrogen and oxygen atoms in total. The summed E-state index contributed by atoms with van der Waals surface area (Å²) in [5.41, 5.74) is 0.170. The molecule has 0 radical (unpaired) electrons. The second-order valence-corrected chi connectivity index (χ2v) is 4.88. The number of ether oxygens (including phenoxy) is 1. The number of hydrogen-bond donors (Lipinski definition) is 1. The van der Waals surface area contributed by atoms with Gasteiger partial charge < -0.3 is 15.0 Å². The summed E-state index contributed by atoms with van der Waals surface area (Å²) in [4.78, 5) is 41.0. The van der Waals surface area contributed by atoms with Crippen molar-refractivity contribution in [1.29, 1.82) is 0 Å². The normalized spacial score (nSPS) is 18.1. The van der Waals surface area contributed by atoms with Crippen LogP contribution in [0.4, 0.5) is 0 Å². The number of amides is 2. The fourth-order valence-corrected chi connectivity index (χ4v) is 2.16. The molecule has 1 aliphatic rings. The summed E-state index contributed by atoms with van der Waals surface area (Å²) in [5.74, 6) is -1.36. The SMILES string of the molecule is COC(=O)C[C@H]1C(=O)NCCN1C(=O)c1ccc(Cl)cn1. The van der Waals surface area contributed by atoms with Gasteiger partial charge in [-0.15, -0.1) is 0 Å². The van der Waals surface area contributed by atoms with Gasteiger partial charge in [0.15, 0.2) is 0 Å². The minimum Gasteiger partial charge on any atom is -0.469 e. The maximum atomic E-state index is 12.4. The van der Waals surface area contributed by atoms with Gasteiger partial charge in [0.25, 0.3) is 5.91 Å². The molecule has 1 aromatic heterocycles. The molecule has 2 amide bonds. The first-order valence-electron chi connectivity index (χ1n) is 6.30. The van der Waals surface area contributed by atoms with Gasteiger partial charge in [-0.25, -0.2) is 4.98 Å². The van der Waals surface area contributed by atoms with Crippen molar-refractivity contribution in [3.05, 3.63) is 29.0 Å². The van der Waals surface area contributed by atoms with Crippen molar-refractivity contribution < 1.29 is 19.1 Å². The molecule has 0 spiro atoms. The van der Waals surface area contributed by atoms with Gasteiger partial charge in [0.05, 0.1) is 18.6 Å². The first kappa shape index (κ1) is 15.2. The smallest absolute Gasteiger partial charge is 0.308 e. The quantitative estimate of drug-likeness (QED) is 0.808. The highest BCUT2D eigenvalue weighted by atomic mass is 35.5. The minimum atomic E-state index is -0.892. The molecule has 8 heteroatoms.